The lowest BCUT2D eigenvalue weighted by molar-refractivity contribution is 0.202. The zero-order valence-corrected chi connectivity index (χ0v) is 8.06. The van der Waals surface area contributed by atoms with E-state index in [0.717, 1.165) is 12.0 Å². The van der Waals surface area contributed by atoms with E-state index in [-0.39, 0.29) is 0 Å². The first-order chi connectivity index (χ1) is 5.75. The standard InChI is InChI=1S/C9H12ClNO/c1-7-3-5-11-9(10)8(7)4-6-12-2/h3,5H,4,6H2,1-2H3. The molecule has 2 nitrogen and oxygen atoms in total. The number of ether oxygens (including phenoxy) is 1. The van der Waals surface area contributed by atoms with Crippen LogP contribution in [0.2, 0.25) is 5.15 Å². The van der Waals surface area contributed by atoms with Crippen molar-refractivity contribution in [1.82, 2.24) is 4.98 Å². The van der Waals surface area contributed by atoms with Gasteiger partial charge < -0.3 is 4.74 Å². The molecule has 0 saturated heterocycles. The number of halogens is 1. The van der Waals surface area contributed by atoms with Crippen molar-refractivity contribution < 1.29 is 4.74 Å². The maximum atomic E-state index is 5.90. The molecule has 66 valence electrons. The SMILES string of the molecule is COCCc1c(C)ccnc1Cl. The topological polar surface area (TPSA) is 22.1 Å². The third kappa shape index (κ3) is 2.19. The van der Waals surface area contributed by atoms with Crippen LogP contribution in [0.3, 0.4) is 0 Å². The first kappa shape index (κ1) is 9.49. The monoisotopic (exact) mass is 185 g/mol. The van der Waals surface area contributed by atoms with Gasteiger partial charge in [-0.1, -0.05) is 11.6 Å². The second-order valence-electron chi connectivity index (χ2n) is 2.64. The Balaban J connectivity index is 2.81. The molecule has 0 radical (unpaired) electrons. The Morgan fingerprint density at radius 3 is 2.92 bits per heavy atom. The fourth-order valence-corrected chi connectivity index (χ4v) is 1.36. The van der Waals surface area contributed by atoms with Crippen molar-refractivity contribution in [2.24, 2.45) is 0 Å². The van der Waals surface area contributed by atoms with Crippen LogP contribution >= 0.6 is 11.6 Å². The van der Waals surface area contributed by atoms with Crippen molar-refractivity contribution >= 4 is 11.6 Å². The van der Waals surface area contributed by atoms with E-state index in [2.05, 4.69) is 4.98 Å². The highest BCUT2D eigenvalue weighted by Crippen LogP contribution is 2.16. The molecule has 0 fully saturated rings. The fourth-order valence-electron chi connectivity index (χ4n) is 1.06. The Morgan fingerprint density at radius 1 is 1.58 bits per heavy atom. The Kier molecular flexibility index (Phi) is 3.50. The molecule has 0 aliphatic rings. The first-order valence-corrected chi connectivity index (χ1v) is 4.22. The minimum atomic E-state index is 0.590. The molecule has 0 atom stereocenters. The van der Waals surface area contributed by atoms with E-state index < -0.39 is 0 Å². The van der Waals surface area contributed by atoms with Crippen molar-refractivity contribution in [2.45, 2.75) is 13.3 Å². The van der Waals surface area contributed by atoms with Gasteiger partial charge in [0, 0.05) is 13.3 Å². The molecule has 1 rings (SSSR count). The highest BCUT2D eigenvalue weighted by atomic mass is 35.5. The fraction of sp³-hybridized carbons (Fsp3) is 0.444. The normalized spacial score (nSPS) is 10.2. The number of aryl methyl sites for hydroxylation is 1. The van der Waals surface area contributed by atoms with E-state index in [1.807, 2.05) is 13.0 Å². The smallest absolute Gasteiger partial charge is 0.132 e. The number of nitrogens with zero attached hydrogens (tertiary/aromatic N) is 1. The van der Waals surface area contributed by atoms with E-state index in [1.54, 1.807) is 13.3 Å². The summed E-state index contributed by atoms with van der Waals surface area (Å²) in [6.07, 6.45) is 2.54. The third-order valence-electron chi connectivity index (χ3n) is 1.79. The van der Waals surface area contributed by atoms with Gasteiger partial charge in [0.1, 0.15) is 5.15 Å². The highest BCUT2D eigenvalue weighted by molar-refractivity contribution is 6.30. The van der Waals surface area contributed by atoms with Crippen molar-refractivity contribution in [3.8, 4) is 0 Å². The zero-order valence-electron chi connectivity index (χ0n) is 7.30. The van der Waals surface area contributed by atoms with E-state index in [9.17, 15) is 0 Å². The average molecular weight is 186 g/mol. The predicted octanol–water partition coefficient (Wildman–Crippen LogP) is 2.23. The van der Waals surface area contributed by atoms with Gasteiger partial charge in [0.15, 0.2) is 0 Å². The number of aromatic nitrogens is 1. The summed E-state index contributed by atoms with van der Waals surface area (Å²) in [7, 11) is 1.68. The lowest BCUT2D eigenvalue weighted by Gasteiger charge is -2.05. The molecule has 3 heteroatoms. The maximum absolute atomic E-state index is 5.90. The number of rotatable bonds is 3. The largest absolute Gasteiger partial charge is 0.384 e. The van der Waals surface area contributed by atoms with Crippen LogP contribution in [0, 0.1) is 6.92 Å². The van der Waals surface area contributed by atoms with Crippen LogP contribution in [0.4, 0.5) is 0 Å². The maximum Gasteiger partial charge on any atom is 0.132 e. The molecule has 1 aromatic rings. The van der Waals surface area contributed by atoms with Crippen LogP contribution in [0.15, 0.2) is 12.3 Å². The van der Waals surface area contributed by atoms with Crippen molar-refractivity contribution in [3.05, 3.63) is 28.5 Å². The summed E-state index contributed by atoms with van der Waals surface area (Å²) < 4.78 is 4.97. The van der Waals surface area contributed by atoms with Gasteiger partial charge in [-0.3, -0.25) is 0 Å². The van der Waals surface area contributed by atoms with E-state index in [1.165, 1.54) is 5.56 Å². The Hall–Kier alpha value is -0.600. The molecule has 0 bridgehead atoms. The van der Waals surface area contributed by atoms with Gasteiger partial charge in [-0.05, 0) is 30.5 Å². The molecular formula is C9H12ClNO. The van der Waals surface area contributed by atoms with Crippen LogP contribution in [0.5, 0.6) is 0 Å². The Morgan fingerprint density at radius 2 is 2.33 bits per heavy atom. The molecule has 0 aliphatic carbocycles. The average Bonchev–Trinajstić information content (AvgIpc) is 2.04. The van der Waals surface area contributed by atoms with Crippen molar-refractivity contribution in [3.63, 3.8) is 0 Å². The second kappa shape index (κ2) is 4.43. The van der Waals surface area contributed by atoms with Gasteiger partial charge in [-0.2, -0.15) is 0 Å². The number of pyridine rings is 1. The second-order valence-corrected chi connectivity index (χ2v) is 3.00. The molecule has 12 heavy (non-hydrogen) atoms. The first-order valence-electron chi connectivity index (χ1n) is 3.84. The van der Waals surface area contributed by atoms with Crippen molar-refractivity contribution in [1.29, 1.82) is 0 Å². The van der Waals surface area contributed by atoms with Gasteiger partial charge in [-0.25, -0.2) is 4.98 Å². The lowest BCUT2D eigenvalue weighted by Crippen LogP contribution is -1.98. The predicted molar refractivity (Wildman–Crippen MR) is 49.6 cm³/mol. The third-order valence-corrected chi connectivity index (χ3v) is 2.12. The quantitative estimate of drug-likeness (QED) is 0.674. The molecular weight excluding hydrogens is 174 g/mol. The minimum absolute atomic E-state index is 0.590. The van der Waals surface area contributed by atoms with Gasteiger partial charge in [0.2, 0.25) is 0 Å². The van der Waals surface area contributed by atoms with E-state index in [4.69, 9.17) is 16.3 Å². The Bertz CT molecular complexity index is 242. The molecule has 0 aliphatic heterocycles. The molecule has 1 aromatic heterocycles. The highest BCUT2D eigenvalue weighted by Gasteiger charge is 2.03. The van der Waals surface area contributed by atoms with Crippen LogP contribution in [0.25, 0.3) is 0 Å². The number of hydrogen-bond donors (Lipinski definition) is 0. The van der Waals surface area contributed by atoms with Crippen LogP contribution in [-0.4, -0.2) is 18.7 Å². The number of hydrogen-bond acceptors (Lipinski definition) is 2. The van der Waals surface area contributed by atoms with E-state index in [0.29, 0.717) is 11.8 Å². The Labute approximate surface area is 77.5 Å². The molecule has 0 aromatic carbocycles. The van der Waals surface area contributed by atoms with Gasteiger partial charge in [-0.15, -0.1) is 0 Å². The van der Waals surface area contributed by atoms with Gasteiger partial charge >= 0.3 is 0 Å². The van der Waals surface area contributed by atoms with Crippen LogP contribution < -0.4 is 0 Å². The zero-order chi connectivity index (χ0) is 8.97. The molecule has 0 spiro atoms. The minimum Gasteiger partial charge on any atom is -0.384 e. The van der Waals surface area contributed by atoms with Gasteiger partial charge in [0.25, 0.3) is 0 Å². The van der Waals surface area contributed by atoms with E-state index >= 15 is 0 Å². The summed E-state index contributed by atoms with van der Waals surface area (Å²) in [6.45, 7) is 2.71. The molecule has 0 saturated carbocycles. The summed E-state index contributed by atoms with van der Waals surface area (Å²) in [4.78, 5) is 4.00. The summed E-state index contributed by atoms with van der Waals surface area (Å²) in [6, 6.07) is 1.96. The molecule has 0 N–H and O–H groups in total. The van der Waals surface area contributed by atoms with Gasteiger partial charge in [0.05, 0.1) is 6.61 Å². The summed E-state index contributed by atoms with van der Waals surface area (Å²) >= 11 is 5.90. The van der Waals surface area contributed by atoms with Crippen LogP contribution in [0.1, 0.15) is 11.1 Å². The molecule has 0 unspecified atom stereocenters. The molecule has 0 amide bonds. The van der Waals surface area contributed by atoms with Crippen LogP contribution in [-0.2, 0) is 11.2 Å². The summed E-state index contributed by atoms with van der Waals surface area (Å²) in [5, 5.41) is 0.590. The lowest BCUT2D eigenvalue weighted by atomic mass is 10.1. The summed E-state index contributed by atoms with van der Waals surface area (Å²) in [5.74, 6) is 0. The van der Waals surface area contributed by atoms with Crippen molar-refractivity contribution in [2.75, 3.05) is 13.7 Å². The molecule has 1 heterocycles. The number of methoxy groups -OCH3 is 1. The summed E-state index contributed by atoms with van der Waals surface area (Å²) in [5.41, 5.74) is 2.26.